The average Bonchev–Trinajstić information content (AvgIpc) is 2.88. The highest BCUT2D eigenvalue weighted by Crippen LogP contribution is 2.19. The summed E-state index contributed by atoms with van der Waals surface area (Å²) in [5, 5.41) is 10.7. The molecule has 2 N–H and O–H groups in total. The van der Waals surface area contributed by atoms with Crippen molar-refractivity contribution in [1.29, 1.82) is 0 Å². The molecule has 1 aromatic carbocycles. The van der Waals surface area contributed by atoms with E-state index in [4.69, 9.17) is 11.6 Å². The van der Waals surface area contributed by atoms with Crippen LogP contribution in [0, 0.1) is 0 Å². The third kappa shape index (κ3) is 2.28. The molecule has 5 nitrogen and oxygen atoms in total. The van der Waals surface area contributed by atoms with Crippen molar-refractivity contribution < 1.29 is 4.79 Å². The van der Waals surface area contributed by atoms with Crippen LogP contribution in [0.25, 0.3) is 10.9 Å². The smallest absolute Gasteiger partial charge is 0.255 e. The van der Waals surface area contributed by atoms with E-state index in [0.29, 0.717) is 11.3 Å². The number of H-pyrrole nitrogens is 1. The monoisotopic (exact) mass is 272 g/mol. The van der Waals surface area contributed by atoms with Gasteiger partial charge in [0.2, 0.25) is 0 Å². The Morgan fingerprint density at radius 3 is 3.05 bits per heavy atom. The lowest BCUT2D eigenvalue weighted by Crippen LogP contribution is -2.12. The maximum atomic E-state index is 12.1. The van der Waals surface area contributed by atoms with Crippen molar-refractivity contribution in [1.82, 2.24) is 15.2 Å². The second-order valence-electron chi connectivity index (χ2n) is 3.97. The van der Waals surface area contributed by atoms with Crippen LogP contribution in [0.4, 0.5) is 5.69 Å². The molecule has 0 saturated heterocycles. The zero-order valence-corrected chi connectivity index (χ0v) is 10.5. The molecule has 0 spiro atoms. The molecule has 3 rings (SSSR count). The van der Waals surface area contributed by atoms with Crippen LogP contribution in [0.1, 0.15) is 10.4 Å². The number of pyridine rings is 1. The van der Waals surface area contributed by atoms with Gasteiger partial charge in [-0.05, 0) is 24.3 Å². The third-order valence-electron chi connectivity index (χ3n) is 2.71. The molecule has 0 radical (unpaired) electrons. The number of rotatable bonds is 2. The van der Waals surface area contributed by atoms with Gasteiger partial charge >= 0.3 is 0 Å². The summed E-state index contributed by atoms with van der Waals surface area (Å²) in [6.07, 6.45) is 3.27. The second-order valence-corrected chi connectivity index (χ2v) is 4.33. The van der Waals surface area contributed by atoms with Gasteiger partial charge in [0.05, 0.1) is 17.4 Å². The first-order valence-corrected chi connectivity index (χ1v) is 5.97. The quantitative estimate of drug-likeness (QED) is 0.705. The number of hydrogen-bond acceptors (Lipinski definition) is 3. The summed E-state index contributed by atoms with van der Waals surface area (Å²) >= 11 is 5.89. The van der Waals surface area contributed by atoms with Crippen molar-refractivity contribution in [2.75, 3.05) is 5.32 Å². The molecule has 0 aliphatic heterocycles. The maximum Gasteiger partial charge on any atom is 0.255 e. The number of benzene rings is 1. The summed E-state index contributed by atoms with van der Waals surface area (Å²) in [6, 6.07) is 8.71. The van der Waals surface area contributed by atoms with Crippen LogP contribution < -0.4 is 5.32 Å². The lowest BCUT2D eigenvalue weighted by molar-refractivity contribution is 0.102. The molecule has 0 bridgehead atoms. The van der Waals surface area contributed by atoms with E-state index in [2.05, 4.69) is 20.5 Å². The number of nitrogens with zero attached hydrogens (tertiary/aromatic N) is 2. The summed E-state index contributed by atoms with van der Waals surface area (Å²) < 4.78 is 0. The van der Waals surface area contributed by atoms with Gasteiger partial charge in [0.1, 0.15) is 0 Å². The molecule has 0 saturated carbocycles. The van der Waals surface area contributed by atoms with Gasteiger partial charge in [-0.15, -0.1) is 0 Å². The van der Waals surface area contributed by atoms with Crippen molar-refractivity contribution in [2.45, 2.75) is 0 Å². The van der Waals surface area contributed by atoms with E-state index < -0.39 is 0 Å². The van der Waals surface area contributed by atoms with Gasteiger partial charge in [-0.25, -0.2) is 4.98 Å². The van der Waals surface area contributed by atoms with Gasteiger partial charge in [-0.1, -0.05) is 17.7 Å². The highest BCUT2D eigenvalue weighted by Gasteiger charge is 2.09. The zero-order chi connectivity index (χ0) is 13.2. The van der Waals surface area contributed by atoms with Crippen molar-refractivity contribution >= 4 is 34.1 Å². The predicted molar refractivity (Wildman–Crippen MR) is 73.3 cm³/mol. The molecule has 1 amide bonds. The topological polar surface area (TPSA) is 70.7 Å². The second kappa shape index (κ2) is 4.70. The number of carbonyl (C=O) groups is 1. The Morgan fingerprint density at radius 1 is 1.32 bits per heavy atom. The Kier molecular flexibility index (Phi) is 2.89. The third-order valence-corrected chi connectivity index (χ3v) is 3.01. The first-order chi connectivity index (χ1) is 9.24. The average molecular weight is 273 g/mol. The van der Waals surface area contributed by atoms with Gasteiger partial charge in [0.15, 0.2) is 5.15 Å². The van der Waals surface area contributed by atoms with Crippen molar-refractivity contribution in [2.24, 2.45) is 0 Å². The number of fused-ring (bicyclic) bond motifs is 1. The minimum atomic E-state index is -0.244. The number of carbonyl (C=O) groups excluding carboxylic acids is 1. The normalized spacial score (nSPS) is 10.6. The molecule has 19 heavy (non-hydrogen) atoms. The lowest BCUT2D eigenvalue weighted by atomic mass is 10.1. The van der Waals surface area contributed by atoms with Crippen LogP contribution in [0.5, 0.6) is 0 Å². The molecule has 94 valence electrons. The Morgan fingerprint density at radius 2 is 2.21 bits per heavy atom. The number of aromatic nitrogens is 3. The standard InChI is InChI=1S/C13H9ClN4O/c14-12-10(2-1-5-15-12)17-13(19)8-3-4-9-7-16-18-11(9)6-8/h1-7H,(H,16,18)(H,17,19). The molecule has 0 atom stereocenters. The first kappa shape index (κ1) is 11.7. The number of amides is 1. The van der Waals surface area contributed by atoms with Crippen LogP contribution in [0.2, 0.25) is 5.15 Å². The lowest BCUT2D eigenvalue weighted by Gasteiger charge is -2.06. The van der Waals surface area contributed by atoms with E-state index in [1.54, 1.807) is 36.7 Å². The SMILES string of the molecule is O=C(Nc1cccnc1Cl)c1ccc2cn[nH]c2c1. The Bertz CT molecular complexity index is 753. The molecule has 2 aromatic heterocycles. The summed E-state index contributed by atoms with van der Waals surface area (Å²) in [5.41, 5.74) is 1.82. The van der Waals surface area contributed by atoms with Gasteiger partial charge in [0, 0.05) is 17.1 Å². The Labute approximate surface area is 113 Å². The van der Waals surface area contributed by atoms with Gasteiger partial charge < -0.3 is 5.32 Å². The van der Waals surface area contributed by atoms with Gasteiger partial charge in [-0.3, -0.25) is 9.89 Å². The zero-order valence-electron chi connectivity index (χ0n) is 9.72. The predicted octanol–water partition coefficient (Wildman–Crippen LogP) is 2.86. The number of nitrogens with one attached hydrogen (secondary N) is 2. The summed E-state index contributed by atoms with van der Waals surface area (Å²) in [7, 11) is 0. The van der Waals surface area contributed by atoms with Crippen LogP contribution in [-0.2, 0) is 0 Å². The fourth-order valence-electron chi connectivity index (χ4n) is 1.75. The van der Waals surface area contributed by atoms with Crippen LogP contribution in [0.3, 0.4) is 0 Å². The van der Waals surface area contributed by atoms with E-state index in [1.807, 2.05) is 6.07 Å². The highest BCUT2D eigenvalue weighted by molar-refractivity contribution is 6.32. The number of anilines is 1. The fourth-order valence-corrected chi connectivity index (χ4v) is 1.92. The Hall–Kier alpha value is -2.40. The van der Waals surface area contributed by atoms with Crippen molar-refractivity contribution in [3.63, 3.8) is 0 Å². The molecule has 2 heterocycles. The molecule has 3 aromatic rings. The molecule has 0 unspecified atom stereocenters. The molecular weight excluding hydrogens is 264 g/mol. The van der Waals surface area contributed by atoms with E-state index in [9.17, 15) is 4.79 Å². The van der Waals surface area contributed by atoms with E-state index in [-0.39, 0.29) is 11.1 Å². The summed E-state index contributed by atoms with van der Waals surface area (Å²) in [4.78, 5) is 16.0. The van der Waals surface area contributed by atoms with E-state index in [1.165, 1.54) is 0 Å². The van der Waals surface area contributed by atoms with Crippen LogP contribution >= 0.6 is 11.6 Å². The minimum Gasteiger partial charge on any atom is -0.319 e. The van der Waals surface area contributed by atoms with Gasteiger partial charge in [-0.2, -0.15) is 5.10 Å². The van der Waals surface area contributed by atoms with Crippen LogP contribution in [-0.4, -0.2) is 21.1 Å². The van der Waals surface area contributed by atoms with E-state index in [0.717, 1.165) is 10.9 Å². The molecule has 0 aliphatic rings. The molecular formula is C13H9ClN4O. The first-order valence-electron chi connectivity index (χ1n) is 5.59. The number of aromatic amines is 1. The van der Waals surface area contributed by atoms with Gasteiger partial charge in [0.25, 0.3) is 5.91 Å². The van der Waals surface area contributed by atoms with E-state index >= 15 is 0 Å². The number of halogens is 1. The summed E-state index contributed by atoms with van der Waals surface area (Å²) in [5.74, 6) is -0.244. The molecule has 6 heteroatoms. The minimum absolute atomic E-state index is 0.244. The number of hydrogen-bond donors (Lipinski definition) is 2. The van der Waals surface area contributed by atoms with Crippen molar-refractivity contribution in [3.05, 3.63) is 53.4 Å². The summed E-state index contributed by atoms with van der Waals surface area (Å²) in [6.45, 7) is 0. The maximum absolute atomic E-state index is 12.1. The van der Waals surface area contributed by atoms with Crippen LogP contribution in [0.15, 0.2) is 42.7 Å². The molecule has 0 aliphatic carbocycles. The largest absolute Gasteiger partial charge is 0.319 e. The highest BCUT2D eigenvalue weighted by atomic mass is 35.5. The fraction of sp³-hybridized carbons (Fsp3) is 0. The Balaban J connectivity index is 1.89. The van der Waals surface area contributed by atoms with Crippen molar-refractivity contribution in [3.8, 4) is 0 Å². The molecule has 0 fully saturated rings.